The van der Waals surface area contributed by atoms with E-state index in [0.717, 1.165) is 19.3 Å². The molecule has 0 radical (unpaired) electrons. The number of ether oxygens (including phenoxy) is 1. The van der Waals surface area contributed by atoms with Crippen molar-refractivity contribution in [3.05, 3.63) is 59.7 Å². The fraction of sp³-hybridized carbons (Fsp3) is 0.409. The van der Waals surface area contributed by atoms with Crippen LogP contribution < -0.4 is 0 Å². The van der Waals surface area contributed by atoms with Crippen LogP contribution >= 0.6 is 0 Å². The molecule has 0 aliphatic heterocycles. The van der Waals surface area contributed by atoms with E-state index in [9.17, 15) is 4.79 Å². The largest absolute Gasteiger partial charge is 0.374 e. The maximum Gasteiger partial charge on any atom is 0.133 e. The highest BCUT2D eigenvalue weighted by molar-refractivity contribution is 5.86. The molecule has 0 bridgehead atoms. The summed E-state index contributed by atoms with van der Waals surface area (Å²) in [5.74, 6) is 0.764. The van der Waals surface area contributed by atoms with Gasteiger partial charge in [0.25, 0.3) is 0 Å². The van der Waals surface area contributed by atoms with Crippen molar-refractivity contribution >= 4 is 16.6 Å². The summed E-state index contributed by atoms with van der Waals surface area (Å²) in [5.41, 5.74) is 2.23. The lowest BCUT2D eigenvalue weighted by atomic mass is 9.92. The number of Topliss-reactive ketones (excluding diaryl/α,β-unsaturated/α-hetero) is 1. The van der Waals surface area contributed by atoms with Gasteiger partial charge in [-0.3, -0.25) is 4.79 Å². The lowest BCUT2D eigenvalue weighted by Crippen LogP contribution is -2.27. The Labute approximate surface area is 144 Å². The first-order valence-corrected chi connectivity index (χ1v) is 8.73. The normalized spacial score (nSPS) is 20.8. The number of hydrogen-bond donors (Lipinski definition) is 0. The first-order valence-electron chi connectivity index (χ1n) is 8.73. The Bertz CT molecular complexity index is 775. The van der Waals surface area contributed by atoms with E-state index in [1.807, 2.05) is 0 Å². The first kappa shape index (κ1) is 16.9. The summed E-state index contributed by atoms with van der Waals surface area (Å²) >= 11 is 0. The zero-order valence-corrected chi connectivity index (χ0v) is 14.8. The van der Waals surface area contributed by atoms with Crippen molar-refractivity contribution in [3.63, 3.8) is 0 Å². The molecule has 2 nitrogen and oxygen atoms in total. The van der Waals surface area contributed by atoms with Crippen molar-refractivity contribution in [1.82, 2.24) is 0 Å². The molecule has 2 atom stereocenters. The third-order valence-electron chi connectivity index (χ3n) is 5.19. The van der Waals surface area contributed by atoms with E-state index >= 15 is 0 Å². The van der Waals surface area contributed by atoms with Gasteiger partial charge in [0.05, 0.1) is 5.60 Å². The Hall–Kier alpha value is -1.93. The summed E-state index contributed by atoms with van der Waals surface area (Å²) in [6.07, 6.45) is 7.54. The summed E-state index contributed by atoms with van der Waals surface area (Å²) in [4.78, 5) is 11.4. The Morgan fingerprint density at radius 3 is 2.83 bits per heavy atom. The van der Waals surface area contributed by atoms with Crippen molar-refractivity contribution in [2.75, 3.05) is 7.11 Å². The number of hydrogen-bond acceptors (Lipinski definition) is 2. The van der Waals surface area contributed by atoms with Crippen molar-refractivity contribution in [2.45, 2.75) is 45.1 Å². The van der Waals surface area contributed by atoms with E-state index in [1.54, 1.807) is 7.11 Å². The molecule has 0 saturated heterocycles. The fourth-order valence-electron chi connectivity index (χ4n) is 3.56. The highest BCUT2D eigenvalue weighted by Gasteiger charge is 2.24. The molecule has 24 heavy (non-hydrogen) atoms. The third kappa shape index (κ3) is 3.76. The molecular weight excluding hydrogens is 296 g/mol. The fourth-order valence-corrected chi connectivity index (χ4v) is 3.56. The Balaban J connectivity index is 1.78. The van der Waals surface area contributed by atoms with Crippen molar-refractivity contribution in [2.24, 2.45) is 5.92 Å². The van der Waals surface area contributed by atoms with Crippen LogP contribution in [0.15, 0.2) is 48.6 Å². The molecule has 3 rings (SSSR count). The number of fused-ring (bicyclic) bond motifs is 1. The van der Waals surface area contributed by atoms with Gasteiger partial charge in [0.2, 0.25) is 0 Å². The zero-order valence-electron chi connectivity index (χ0n) is 14.8. The minimum atomic E-state index is -0.344. The van der Waals surface area contributed by atoms with E-state index < -0.39 is 0 Å². The predicted molar refractivity (Wildman–Crippen MR) is 99.3 cm³/mol. The average molecular weight is 322 g/mol. The number of carbonyl (C=O) groups excluding carboxylic acids is 1. The number of allylic oxidation sites excluding steroid dienone is 1. The van der Waals surface area contributed by atoms with Crippen LogP contribution in [0.3, 0.4) is 0 Å². The molecule has 1 saturated carbocycles. The van der Waals surface area contributed by atoms with Gasteiger partial charge in [-0.15, -0.1) is 0 Å². The van der Waals surface area contributed by atoms with Crippen LogP contribution in [0.1, 0.15) is 37.3 Å². The van der Waals surface area contributed by atoms with Crippen LogP contribution in [0.2, 0.25) is 0 Å². The minimum Gasteiger partial charge on any atom is -0.374 e. The van der Waals surface area contributed by atoms with Crippen molar-refractivity contribution in [3.8, 4) is 0 Å². The molecule has 0 heterocycles. The molecule has 0 spiro atoms. The molecular formula is C22H26O2. The number of methoxy groups -OCH3 is 1. The Morgan fingerprint density at radius 2 is 2.12 bits per heavy atom. The number of carbonyl (C=O) groups is 1. The summed E-state index contributed by atoms with van der Waals surface area (Å²) < 4.78 is 5.79. The van der Waals surface area contributed by atoms with Gasteiger partial charge in [-0.05, 0) is 48.1 Å². The van der Waals surface area contributed by atoms with Crippen molar-refractivity contribution in [1.29, 1.82) is 0 Å². The summed E-state index contributed by atoms with van der Waals surface area (Å²) in [6, 6.07) is 13.1. The quantitative estimate of drug-likeness (QED) is 0.722. The number of rotatable bonds is 5. The summed E-state index contributed by atoms with van der Waals surface area (Å²) in [7, 11) is 1.76. The van der Waals surface area contributed by atoms with Gasteiger partial charge >= 0.3 is 0 Å². The highest BCUT2D eigenvalue weighted by atomic mass is 16.5. The second-order valence-corrected chi connectivity index (χ2v) is 7.22. The lowest BCUT2D eigenvalue weighted by molar-refractivity contribution is -0.117. The van der Waals surface area contributed by atoms with E-state index in [-0.39, 0.29) is 5.60 Å². The molecule has 1 unspecified atom stereocenters. The second kappa shape index (κ2) is 6.90. The van der Waals surface area contributed by atoms with E-state index in [4.69, 9.17) is 4.74 Å². The molecule has 1 fully saturated rings. The lowest BCUT2D eigenvalue weighted by Gasteiger charge is -2.25. The van der Waals surface area contributed by atoms with Crippen LogP contribution in [-0.4, -0.2) is 18.5 Å². The smallest absolute Gasteiger partial charge is 0.133 e. The maximum atomic E-state index is 11.4. The number of ketones is 1. The molecule has 1 aliphatic rings. The summed E-state index contributed by atoms with van der Waals surface area (Å²) in [5, 5.41) is 2.58. The molecule has 2 aromatic carbocycles. The Morgan fingerprint density at radius 1 is 1.29 bits per heavy atom. The van der Waals surface area contributed by atoms with Crippen molar-refractivity contribution < 1.29 is 9.53 Å². The van der Waals surface area contributed by atoms with Gasteiger partial charge in [0.15, 0.2) is 0 Å². The highest BCUT2D eigenvalue weighted by Crippen LogP contribution is 2.27. The van der Waals surface area contributed by atoms with Gasteiger partial charge in [0.1, 0.15) is 5.78 Å². The molecule has 0 aromatic heterocycles. The first-order chi connectivity index (χ1) is 11.5. The number of benzene rings is 2. The van der Waals surface area contributed by atoms with E-state index in [1.165, 1.54) is 21.9 Å². The standard InChI is InChI=1S/C22H26O2/c1-16-5-4-6-19-13-18(8-10-21(16)19)15-22(2,24-3)12-11-17-7-9-20(23)14-17/h4-6,8,10-13,17H,7,9,14-15H2,1-3H3/b12-11+/t17-,22?/m1/s1. The maximum absolute atomic E-state index is 11.4. The molecule has 2 heteroatoms. The van der Waals surface area contributed by atoms with E-state index in [0.29, 0.717) is 18.1 Å². The molecule has 0 N–H and O–H groups in total. The minimum absolute atomic E-state index is 0.344. The van der Waals surface area contributed by atoms with Gasteiger partial charge in [-0.1, -0.05) is 48.6 Å². The predicted octanol–water partition coefficient (Wildman–Crippen LogP) is 5.02. The number of aryl methyl sites for hydroxylation is 1. The monoisotopic (exact) mass is 322 g/mol. The zero-order chi connectivity index (χ0) is 17.2. The van der Waals surface area contributed by atoms with E-state index in [2.05, 4.69) is 62.4 Å². The molecule has 2 aromatic rings. The second-order valence-electron chi connectivity index (χ2n) is 7.22. The molecule has 1 aliphatic carbocycles. The molecule has 126 valence electrons. The van der Waals surface area contributed by atoms with Crippen LogP contribution in [0, 0.1) is 12.8 Å². The van der Waals surface area contributed by atoms with Crippen LogP contribution in [0.4, 0.5) is 0 Å². The van der Waals surface area contributed by atoms with Gasteiger partial charge < -0.3 is 4.74 Å². The Kier molecular flexibility index (Phi) is 4.86. The summed E-state index contributed by atoms with van der Waals surface area (Å²) in [6.45, 7) is 4.26. The van der Waals surface area contributed by atoms with Gasteiger partial charge in [0, 0.05) is 26.4 Å². The van der Waals surface area contributed by atoms with Crippen LogP contribution in [0.25, 0.3) is 10.8 Å². The third-order valence-corrected chi connectivity index (χ3v) is 5.19. The SMILES string of the molecule is COC(C)(/C=C/[C@H]1CCC(=O)C1)Cc1ccc2c(C)cccc2c1. The van der Waals surface area contributed by atoms with Crippen LogP contribution in [0.5, 0.6) is 0 Å². The van der Waals surface area contributed by atoms with Gasteiger partial charge in [-0.2, -0.15) is 0 Å². The van der Waals surface area contributed by atoms with Crippen LogP contribution in [-0.2, 0) is 16.0 Å². The topological polar surface area (TPSA) is 26.3 Å². The molecule has 0 amide bonds. The van der Waals surface area contributed by atoms with Gasteiger partial charge in [-0.25, -0.2) is 0 Å². The average Bonchev–Trinajstić information content (AvgIpc) is 2.99.